The van der Waals surface area contributed by atoms with Gasteiger partial charge in [0.25, 0.3) is 0 Å². The van der Waals surface area contributed by atoms with Gasteiger partial charge in [-0.15, -0.1) is 11.3 Å². The molecule has 2 nitrogen and oxygen atoms in total. The summed E-state index contributed by atoms with van der Waals surface area (Å²) in [4.78, 5) is 1.24. The molecule has 0 bridgehead atoms. The normalized spacial score (nSPS) is 11.0. The van der Waals surface area contributed by atoms with E-state index in [-0.39, 0.29) is 6.10 Å². The molecule has 0 atom stereocenters. The van der Waals surface area contributed by atoms with Crippen LogP contribution >= 0.6 is 11.3 Å². The first-order valence-electron chi connectivity index (χ1n) is 7.01. The summed E-state index contributed by atoms with van der Waals surface area (Å²) in [6, 6.07) is 16.8. The molecule has 3 heteroatoms. The van der Waals surface area contributed by atoms with Crippen LogP contribution in [-0.2, 0) is 0 Å². The summed E-state index contributed by atoms with van der Waals surface area (Å²) in [5.74, 6) is 1.57. The molecule has 3 rings (SSSR count). The van der Waals surface area contributed by atoms with Crippen molar-refractivity contribution in [3.8, 4) is 21.9 Å². The SMILES string of the molecule is COc1ccc(-c2cc3ccccc3s2)cc1OC(C)C. The van der Waals surface area contributed by atoms with Crippen LogP contribution in [0.4, 0.5) is 0 Å². The van der Waals surface area contributed by atoms with E-state index in [1.54, 1.807) is 18.4 Å². The highest BCUT2D eigenvalue weighted by Crippen LogP contribution is 2.38. The van der Waals surface area contributed by atoms with Crippen molar-refractivity contribution in [3.63, 3.8) is 0 Å². The molecule has 2 aromatic carbocycles. The first kappa shape index (κ1) is 14.0. The average molecular weight is 298 g/mol. The Kier molecular flexibility index (Phi) is 3.84. The lowest BCUT2D eigenvalue weighted by Crippen LogP contribution is -2.06. The molecule has 0 radical (unpaired) electrons. The predicted molar refractivity (Wildman–Crippen MR) is 89.6 cm³/mol. The summed E-state index contributed by atoms with van der Waals surface area (Å²) in [5, 5.41) is 1.28. The number of thiophene rings is 1. The van der Waals surface area contributed by atoms with Gasteiger partial charge >= 0.3 is 0 Å². The Labute approximate surface area is 128 Å². The Balaban J connectivity index is 2.05. The highest BCUT2D eigenvalue weighted by atomic mass is 32.1. The summed E-state index contributed by atoms with van der Waals surface area (Å²) in [5.41, 5.74) is 1.16. The molecule has 1 aromatic heterocycles. The van der Waals surface area contributed by atoms with Crippen molar-refractivity contribution in [2.45, 2.75) is 20.0 Å². The molecule has 0 aliphatic heterocycles. The standard InChI is InChI=1S/C18H18O2S/c1-12(2)20-16-10-14(8-9-15(16)19-3)18-11-13-6-4-5-7-17(13)21-18/h4-12H,1-3H3. The van der Waals surface area contributed by atoms with Crippen LogP contribution in [0.25, 0.3) is 20.5 Å². The molecule has 1 heterocycles. The molecule has 0 saturated carbocycles. The maximum atomic E-state index is 5.85. The zero-order valence-electron chi connectivity index (χ0n) is 12.4. The van der Waals surface area contributed by atoms with E-state index in [9.17, 15) is 0 Å². The van der Waals surface area contributed by atoms with E-state index in [0.29, 0.717) is 0 Å². The number of hydrogen-bond acceptors (Lipinski definition) is 3. The van der Waals surface area contributed by atoms with Crippen molar-refractivity contribution in [2.75, 3.05) is 7.11 Å². The summed E-state index contributed by atoms with van der Waals surface area (Å²) in [7, 11) is 1.67. The van der Waals surface area contributed by atoms with Gasteiger partial charge in [0.1, 0.15) is 0 Å². The van der Waals surface area contributed by atoms with Crippen LogP contribution in [0.5, 0.6) is 11.5 Å². The van der Waals surface area contributed by atoms with E-state index in [4.69, 9.17) is 9.47 Å². The molecule has 0 spiro atoms. The van der Waals surface area contributed by atoms with E-state index < -0.39 is 0 Å². The van der Waals surface area contributed by atoms with Gasteiger partial charge in [-0.25, -0.2) is 0 Å². The monoisotopic (exact) mass is 298 g/mol. The molecule has 0 saturated heterocycles. The van der Waals surface area contributed by atoms with Crippen molar-refractivity contribution in [1.82, 2.24) is 0 Å². The molecular weight excluding hydrogens is 280 g/mol. The highest BCUT2D eigenvalue weighted by Gasteiger charge is 2.10. The molecule has 0 amide bonds. The Bertz CT molecular complexity index is 726. The molecule has 0 fully saturated rings. The van der Waals surface area contributed by atoms with E-state index in [2.05, 4.69) is 42.5 Å². The van der Waals surface area contributed by atoms with Gasteiger partial charge in [-0.2, -0.15) is 0 Å². The Morgan fingerprint density at radius 3 is 2.48 bits per heavy atom. The zero-order chi connectivity index (χ0) is 14.8. The van der Waals surface area contributed by atoms with Gasteiger partial charge in [0.05, 0.1) is 13.2 Å². The predicted octanol–water partition coefficient (Wildman–Crippen LogP) is 5.36. The van der Waals surface area contributed by atoms with E-state index >= 15 is 0 Å². The van der Waals surface area contributed by atoms with Gasteiger partial charge in [-0.05, 0) is 55.1 Å². The van der Waals surface area contributed by atoms with Crippen LogP contribution in [0.15, 0.2) is 48.5 Å². The third-order valence-electron chi connectivity index (χ3n) is 3.24. The second-order valence-electron chi connectivity index (χ2n) is 5.18. The fourth-order valence-corrected chi connectivity index (χ4v) is 3.36. The van der Waals surface area contributed by atoms with Crippen molar-refractivity contribution in [3.05, 3.63) is 48.5 Å². The number of rotatable bonds is 4. The average Bonchev–Trinajstić information content (AvgIpc) is 2.90. The van der Waals surface area contributed by atoms with Crippen molar-refractivity contribution < 1.29 is 9.47 Å². The fraction of sp³-hybridized carbons (Fsp3) is 0.222. The second kappa shape index (κ2) is 5.78. The molecule has 0 N–H and O–H groups in total. The quantitative estimate of drug-likeness (QED) is 0.645. The number of methoxy groups -OCH3 is 1. The van der Waals surface area contributed by atoms with Gasteiger partial charge in [-0.1, -0.05) is 18.2 Å². The Morgan fingerprint density at radius 1 is 0.952 bits per heavy atom. The maximum Gasteiger partial charge on any atom is 0.162 e. The minimum absolute atomic E-state index is 0.122. The number of hydrogen-bond donors (Lipinski definition) is 0. The van der Waals surface area contributed by atoms with Gasteiger partial charge in [-0.3, -0.25) is 0 Å². The molecule has 0 unspecified atom stereocenters. The van der Waals surface area contributed by atoms with E-state index in [1.807, 2.05) is 19.9 Å². The lowest BCUT2D eigenvalue weighted by atomic mass is 10.1. The third-order valence-corrected chi connectivity index (χ3v) is 4.40. The molecular formula is C18H18O2S. The van der Waals surface area contributed by atoms with Gasteiger partial charge in [0.15, 0.2) is 11.5 Å². The topological polar surface area (TPSA) is 18.5 Å². The largest absolute Gasteiger partial charge is 0.493 e. The van der Waals surface area contributed by atoms with Crippen LogP contribution in [0.3, 0.4) is 0 Å². The second-order valence-corrected chi connectivity index (χ2v) is 6.26. The summed E-state index contributed by atoms with van der Waals surface area (Å²) in [6.07, 6.45) is 0.122. The molecule has 0 aliphatic carbocycles. The summed E-state index contributed by atoms with van der Waals surface area (Å²) in [6.45, 7) is 4.04. The number of benzene rings is 2. The Morgan fingerprint density at radius 2 is 1.76 bits per heavy atom. The molecule has 21 heavy (non-hydrogen) atoms. The first-order valence-corrected chi connectivity index (χ1v) is 7.82. The van der Waals surface area contributed by atoms with E-state index in [0.717, 1.165) is 17.1 Å². The lowest BCUT2D eigenvalue weighted by Gasteiger charge is -2.14. The summed E-state index contributed by atoms with van der Waals surface area (Å²) >= 11 is 1.80. The van der Waals surface area contributed by atoms with Gasteiger partial charge < -0.3 is 9.47 Å². The lowest BCUT2D eigenvalue weighted by molar-refractivity contribution is 0.230. The van der Waals surface area contributed by atoms with Crippen molar-refractivity contribution in [1.29, 1.82) is 0 Å². The van der Waals surface area contributed by atoms with Crippen molar-refractivity contribution >= 4 is 21.4 Å². The molecule has 3 aromatic rings. The van der Waals surface area contributed by atoms with Crippen LogP contribution in [0.2, 0.25) is 0 Å². The fourth-order valence-electron chi connectivity index (χ4n) is 2.30. The minimum Gasteiger partial charge on any atom is -0.493 e. The van der Waals surface area contributed by atoms with Crippen LogP contribution in [-0.4, -0.2) is 13.2 Å². The number of fused-ring (bicyclic) bond motifs is 1. The highest BCUT2D eigenvalue weighted by molar-refractivity contribution is 7.22. The van der Waals surface area contributed by atoms with Gasteiger partial charge in [0, 0.05) is 9.58 Å². The molecule has 0 aliphatic rings. The van der Waals surface area contributed by atoms with Crippen LogP contribution in [0.1, 0.15) is 13.8 Å². The Hall–Kier alpha value is -2.00. The summed E-state index contributed by atoms with van der Waals surface area (Å²) < 4.78 is 12.5. The smallest absolute Gasteiger partial charge is 0.162 e. The van der Waals surface area contributed by atoms with Crippen LogP contribution < -0.4 is 9.47 Å². The van der Waals surface area contributed by atoms with Gasteiger partial charge in [0.2, 0.25) is 0 Å². The number of ether oxygens (including phenoxy) is 2. The van der Waals surface area contributed by atoms with Crippen LogP contribution in [0, 0.1) is 0 Å². The third kappa shape index (κ3) is 2.88. The molecule has 108 valence electrons. The minimum atomic E-state index is 0.122. The zero-order valence-corrected chi connectivity index (χ0v) is 13.2. The van der Waals surface area contributed by atoms with Crippen molar-refractivity contribution in [2.24, 2.45) is 0 Å². The van der Waals surface area contributed by atoms with E-state index in [1.165, 1.54) is 15.0 Å². The first-order chi connectivity index (χ1) is 10.2. The maximum absolute atomic E-state index is 5.85.